The SMILES string of the molecule is CC(=O)Nc1ccc(-c2nc3c(C#N)c[nH]n3c2Nc2cccc(NC(C)=O)c2)cc1. The van der Waals surface area contributed by atoms with Crippen LogP contribution in [0.4, 0.5) is 22.9 Å². The van der Waals surface area contributed by atoms with Crippen LogP contribution in [0.5, 0.6) is 0 Å². The zero-order valence-electron chi connectivity index (χ0n) is 16.9. The molecule has 2 aromatic heterocycles. The highest BCUT2D eigenvalue weighted by Gasteiger charge is 2.18. The molecule has 154 valence electrons. The van der Waals surface area contributed by atoms with Crippen LogP contribution >= 0.6 is 0 Å². The summed E-state index contributed by atoms with van der Waals surface area (Å²) in [6.45, 7) is 2.90. The van der Waals surface area contributed by atoms with Crippen molar-refractivity contribution >= 4 is 40.3 Å². The predicted octanol–water partition coefficient (Wildman–Crippen LogP) is 3.86. The lowest BCUT2D eigenvalue weighted by molar-refractivity contribution is -0.115. The fraction of sp³-hybridized carbons (Fsp3) is 0.0909. The van der Waals surface area contributed by atoms with Crippen molar-refractivity contribution in [2.24, 2.45) is 0 Å². The minimum Gasteiger partial charge on any atom is -0.338 e. The lowest BCUT2D eigenvalue weighted by Crippen LogP contribution is -2.06. The summed E-state index contributed by atoms with van der Waals surface area (Å²) in [4.78, 5) is 27.3. The third kappa shape index (κ3) is 4.09. The van der Waals surface area contributed by atoms with Crippen LogP contribution in [0.15, 0.2) is 54.7 Å². The molecule has 0 atom stereocenters. The highest BCUT2D eigenvalue weighted by molar-refractivity contribution is 5.90. The largest absolute Gasteiger partial charge is 0.338 e. The number of hydrogen-bond donors (Lipinski definition) is 4. The standard InChI is InChI=1S/C22H19N7O2/c1-13(30)25-17-8-6-15(7-9-17)20-22(29-21(28-20)16(11-23)12-24-29)27-19-5-3-4-18(10-19)26-14(2)31/h3-10,12,24,27H,1-2H3,(H,25,30)(H,26,31). The first-order valence-corrected chi connectivity index (χ1v) is 9.47. The first-order valence-electron chi connectivity index (χ1n) is 9.47. The van der Waals surface area contributed by atoms with Gasteiger partial charge in [0.25, 0.3) is 0 Å². The number of nitriles is 1. The van der Waals surface area contributed by atoms with Crippen molar-refractivity contribution in [2.75, 3.05) is 16.0 Å². The summed E-state index contributed by atoms with van der Waals surface area (Å²) in [7, 11) is 0. The van der Waals surface area contributed by atoms with E-state index in [0.717, 1.165) is 11.3 Å². The van der Waals surface area contributed by atoms with Crippen molar-refractivity contribution in [1.82, 2.24) is 14.6 Å². The molecule has 0 fully saturated rings. The Labute approximate surface area is 177 Å². The molecule has 2 aromatic carbocycles. The number of aromatic nitrogens is 3. The molecule has 0 aliphatic carbocycles. The number of hydrogen-bond acceptors (Lipinski definition) is 5. The summed E-state index contributed by atoms with van der Waals surface area (Å²) in [5.74, 6) is 0.318. The number of fused-ring (bicyclic) bond motifs is 1. The third-order valence-corrected chi connectivity index (χ3v) is 4.50. The second-order valence-corrected chi connectivity index (χ2v) is 6.91. The van der Waals surface area contributed by atoms with Crippen LogP contribution in [0.2, 0.25) is 0 Å². The van der Waals surface area contributed by atoms with Crippen LogP contribution in [0, 0.1) is 11.3 Å². The van der Waals surface area contributed by atoms with Gasteiger partial charge in [-0.3, -0.25) is 14.7 Å². The van der Waals surface area contributed by atoms with Crippen molar-refractivity contribution in [3.63, 3.8) is 0 Å². The molecule has 31 heavy (non-hydrogen) atoms. The van der Waals surface area contributed by atoms with E-state index in [1.807, 2.05) is 24.3 Å². The number of amides is 2. The monoisotopic (exact) mass is 413 g/mol. The Bertz CT molecular complexity index is 1330. The van der Waals surface area contributed by atoms with E-state index in [2.05, 4.69) is 32.1 Å². The Kier molecular flexibility index (Phi) is 5.12. The van der Waals surface area contributed by atoms with Crippen molar-refractivity contribution in [1.29, 1.82) is 5.26 Å². The third-order valence-electron chi connectivity index (χ3n) is 4.50. The molecule has 0 aliphatic heterocycles. The maximum atomic E-state index is 11.4. The van der Waals surface area contributed by atoms with Gasteiger partial charge in [0, 0.05) is 42.7 Å². The van der Waals surface area contributed by atoms with E-state index in [-0.39, 0.29) is 11.8 Å². The lowest BCUT2D eigenvalue weighted by atomic mass is 10.1. The van der Waals surface area contributed by atoms with Gasteiger partial charge in [-0.1, -0.05) is 18.2 Å². The normalized spacial score (nSPS) is 10.5. The topological polar surface area (TPSA) is 127 Å². The fourth-order valence-corrected chi connectivity index (χ4v) is 3.25. The van der Waals surface area contributed by atoms with Gasteiger partial charge in [-0.2, -0.15) is 5.26 Å². The Balaban J connectivity index is 1.77. The van der Waals surface area contributed by atoms with Gasteiger partial charge in [-0.25, -0.2) is 9.50 Å². The predicted molar refractivity (Wildman–Crippen MR) is 118 cm³/mol. The van der Waals surface area contributed by atoms with Gasteiger partial charge >= 0.3 is 0 Å². The summed E-state index contributed by atoms with van der Waals surface area (Å²) in [5.41, 5.74) is 4.40. The summed E-state index contributed by atoms with van der Waals surface area (Å²) in [6, 6.07) is 16.7. The van der Waals surface area contributed by atoms with Crippen LogP contribution in [-0.2, 0) is 9.59 Å². The number of carbonyl (C=O) groups excluding carboxylic acids is 2. The molecule has 0 saturated carbocycles. The summed E-state index contributed by atoms with van der Waals surface area (Å²) in [6.07, 6.45) is 1.59. The van der Waals surface area contributed by atoms with Gasteiger partial charge in [0.15, 0.2) is 11.5 Å². The molecule has 0 unspecified atom stereocenters. The molecule has 0 saturated heterocycles. The van der Waals surface area contributed by atoms with Crippen LogP contribution in [-0.4, -0.2) is 26.4 Å². The number of nitrogens with zero attached hydrogens (tertiary/aromatic N) is 3. The van der Waals surface area contributed by atoms with Gasteiger partial charge < -0.3 is 16.0 Å². The molecular weight excluding hydrogens is 394 g/mol. The molecule has 0 radical (unpaired) electrons. The Hall–Kier alpha value is -4.58. The number of anilines is 4. The van der Waals surface area contributed by atoms with Crippen molar-refractivity contribution in [2.45, 2.75) is 13.8 Å². The molecule has 4 aromatic rings. The number of rotatable bonds is 5. The molecule has 4 rings (SSSR count). The fourth-order valence-electron chi connectivity index (χ4n) is 3.25. The number of nitrogens with one attached hydrogen (secondary N) is 4. The van der Waals surface area contributed by atoms with E-state index in [1.54, 1.807) is 35.0 Å². The maximum Gasteiger partial charge on any atom is 0.221 e. The zero-order chi connectivity index (χ0) is 22.0. The minimum atomic E-state index is -0.160. The summed E-state index contributed by atoms with van der Waals surface area (Å²) < 4.78 is 1.70. The molecule has 2 amide bonds. The van der Waals surface area contributed by atoms with E-state index in [1.165, 1.54) is 13.8 Å². The van der Waals surface area contributed by atoms with Gasteiger partial charge in [-0.05, 0) is 30.3 Å². The smallest absolute Gasteiger partial charge is 0.221 e. The maximum absolute atomic E-state index is 11.4. The quantitative estimate of drug-likeness (QED) is 0.395. The second kappa shape index (κ2) is 8.04. The van der Waals surface area contributed by atoms with Crippen LogP contribution < -0.4 is 16.0 Å². The molecule has 0 bridgehead atoms. The number of aromatic amines is 1. The van der Waals surface area contributed by atoms with Crippen molar-refractivity contribution in [3.05, 3.63) is 60.3 Å². The second-order valence-electron chi connectivity index (χ2n) is 6.91. The molecular formula is C22H19N7O2. The van der Waals surface area contributed by atoms with E-state index in [0.29, 0.717) is 34.1 Å². The van der Waals surface area contributed by atoms with Crippen molar-refractivity contribution < 1.29 is 9.59 Å². The molecule has 9 nitrogen and oxygen atoms in total. The minimum absolute atomic E-state index is 0.150. The summed E-state index contributed by atoms with van der Waals surface area (Å²) >= 11 is 0. The average molecular weight is 413 g/mol. The number of H-pyrrole nitrogens is 1. The molecule has 0 aliphatic rings. The zero-order valence-corrected chi connectivity index (χ0v) is 16.9. The van der Waals surface area contributed by atoms with Crippen LogP contribution in [0.1, 0.15) is 19.4 Å². The number of carbonyl (C=O) groups is 2. The van der Waals surface area contributed by atoms with Crippen molar-refractivity contribution in [3.8, 4) is 17.3 Å². The molecule has 4 N–H and O–H groups in total. The van der Waals surface area contributed by atoms with Gasteiger partial charge in [0.1, 0.15) is 17.3 Å². The number of imidazole rings is 1. The molecule has 2 heterocycles. The Morgan fingerprint density at radius 1 is 1.00 bits per heavy atom. The molecule has 0 spiro atoms. The summed E-state index contributed by atoms with van der Waals surface area (Å²) in [5, 5.41) is 21.3. The Morgan fingerprint density at radius 3 is 2.35 bits per heavy atom. The van der Waals surface area contributed by atoms with Gasteiger partial charge in [0.05, 0.1) is 0 Å². The lowest BCUT2D eigenvalue weighted by Gasteiger charge is -2.10. The van der Waals surface area contributed by atoms with Gasteiger partial charge in [-0.15, -0.1) is 0 Å². The molecule has 9 heteroatoms. The van der Waals surface area contributed by atoms with E-state index in [9.17, 15) is 14.9 Å². The van der Waals surface area contributed by atoms with E-state index >= 15 is 0 Å². The highest BCUT2D eigenvalue weighted by atomic mass is 16.2. The van der Waals surface area contributed by atoms with Crippen LogP contribution in [0.3, 0.4) is 0 Å². The van der Waals surface area contributed by atoms with E-state index in [4.69, 9.17) is 0 Å². The van der Waals surface area contributed by atoms with Gasteiger partial charge in [0.2, 0.25) is 11.8 Å². The first kappa shape index (κ1) is 19.7. The number of benzene rings is 2. The van der Waals surface area contributed by atoms with Crippen LogP contribution in [0.25, 0.3) is 16.9 Å². The first-order chi connectivity index (χ1) is 14.9. The van der Waals surface area contributed by atoms with E-state index < -0.39 is 0 Å². The average Bonchev–Trinajstić information content (AvgIpc) is 3.28. The highest BCUT2D eigenvalue weighted by Crippen LogP contribution is 2.33. The Morgan fingerprint density at radius 2 is 1.68 bits per heavy atom.